The maximum absolute atomic E-state index is 12.9. The van der Waals surface area contributed by atoms with Gasteiger partial charge in [-0.1, -0.05) is 12.7 Å². The van der Waals surface area contributed by atoms with Crippen LogP contribution in [0.2, 0.25) is 0 Å². The number of halogens is 3. The first-order valence-corrected chi connectivity index (χ1v) is 3.72. The van der Waals surface area contributed by atoms with Crippen LogP contribution in [0.15, 0.2) is 23.2 Å². The topological polar surface area (TPSA) is 0 Å². The summed E-state index contributed by atoms with van der Waals surface area (Å²) in [6.45, 7) is 3.38. The molecule has 1 rings (SSSR count). The molecular formula is C8H5BrF2. The maximum atomic E-state index is 12.9. The van der Waals surface area contributed by atoms with E-state index in [4.69, 9.17) is 0 Å². The minimum atomic E-state index is -0.611. The molecule has 0 fully saturated rings. The first-order valence-electron chi connectivity index (χ1n) is 2.92. The lowest BCUT2D eigenvalue weighted by molar-refractivity contribution is 0.570. The van der Waals surface area contributed by atoms with Crippen molar-refractivity contribution >= 4 is 22.0 Å². The van der Waals surface area contributed by atoms with E-state index in [1.54, 1.807) is 0 Å². The van der Waals surface area contributed by atoms with E-state index < -0.39 is 11.6 Å². The summed E-state index contributed by atoms with van der Waals surface area (Å²) in [7, 11) is 0. The monoisotopic (exact) mass is 218 g/mol. The Morgan fingerprint density at radius 3 is 2.55 bits per heavy atom. The van der Waals surface area contributed by atoms with Crippen LogP contribution in [-0.4, -0.2) is 0 Å². The van der Waals surface area contributed by atoms with Gasteiger partial charge < -0.3 is 0 Å². The molecule has 0 spiro atoms. The van der Waals surface area contributed by atoms with Crippen molar-refractivity contribution < 1.29 is 8.78 Å². The zero-order chi connectivity index (χ0) is 8.43. The van der Waals surface area contributed by atoms with E-state index in [0.717, 1.165) is 0 Å². The second-order valence-electron chi connectivity index (χ2n) is 1.97. The largest absolute Gasteiger partial charge is 0.206 e. The normalized spacial score (nSPS) is 9.73. The predicted octanol–water partition coefficient (Wildman–Crippen LogP) is 3.37. The van der Waals surface area contributed by atoms with E-state index in [2.05, 4.69) is 22.5 Å². The Bertz CT molecular complexity index is 294. The molecule has 0 radical (unpaired) electrons. The van der Waals surface area contributed by atoms with Gasteiger partial charge in [0.2, 0.25) is 0 Å². The molecule has 0 N–H and O–H groups in total. The highest BCUT2D eigenvalue weighted by Gasteiger charge is 2.07. The first-order chi connectivity index (χ1) is 5.16. The second-order valence-corrected chi connectivity index (χ2v) is 2.76. The predicted molar refractivity (Wildman–Crippen MR) is 44.1 cm³/mol. The third-order valence-corrected chi connectivity index (χ3v) is 2.01. The van der Waals surface area contributed by atoms with Crippen molar-refractivity contribution in [2.24, 2.45) is 0 Å². The Morgan fingerprint density at radius 2 is 2.00 bits per heavy atom. The van der Waals surface area contributed by atoms with Crippen molar-refractivity contribution in [1.82, 2.24) is 0 Å². The Morgan fingerprint density at radius 1 is 1.36 bits per heavy atom. The number of rotatable bonds is 1. The molecule has 0 amide bonds. The van der Waals surface area contributed by atoms with Gasteiger partial charge in [-0.3, -0.25) is 0 Å². The lowest BCUT2D eigenvalue weighted by Gasteiger charge is -1.99. The summed E-state index contributed by atoms with van der Waals surface area (Å²) in [5.41, 5.74) is 0.290. The molecule has 0 nitrogen and oxygen atoms in total. The molecule has 0 bridgehead atoms. The van der Waals surface area contributed by atoms with Crippen LogP contribution in [0.3, 0.4) is 0 Å². The Balaban J connectivity index is 3.36. The van der Waals surface area contributed by atoms with Crippen LogP contribution in [0.5, 0.6) is 0 Å². The van der Waals surface area contributed by atoms with Gasteiger partial charge in [-0.15, -0.1) is 0 Å². The molecule has 0 aliphatic rings. The van der Waals surface area contributed by atoms with E-state index in [-0.39, 0.29) is 4.47 Å². The smallest absolute Gasteiger partial charge is 0.147 e. The van der Waals surface area contributed by atoms with Crippen molar-refractivity contribution in [3.8, 4) is 0 Å². The summed E-state index contributed by atoms with van der Waals surface area (Å²) in [5.74, 6) is -1.21. The molecule has 58 valence electrons. The standard InChI is InChI=1S/C8H5BrF2/c1-2-5-3-4-6(10)7(9)8(5)11/h2-4H,1H2. The quantitative estimate of drug-likeness (QED) is 0.635. The zero-order valence-electron chi connectivity index (χ0n) is 5.57. The third-order valence-electron chi connectivity index (χ3n) is 1.28. The summed E-state index contributed by atoms with van der Waals surface area (Å²) in [6.07, 6.45) is 1.33. The van der Waals surface area contributed by atoms with Gasteiger partial charge in [-0.25, -0.2) is 8.78 Å². The molecule has 0 atom stereocenters. The Kier molecular flexibility index (Phi) is 2.39. The van der Waals surface area contributed by atoms with E-state index >= 15 is 0 Å². The van der Waals surface area contributed by atoms with Crippen LogP contribution in [0, 0.1) is 11.6 Å². The van der Waals surface area contributed by atoms with Gasteiger partial charge >= 0.3 is 0 Å². The molecule has 0 aliphatic heterocycles. The highest BCUT2D eigenvalue weighted by atomic mass is 79.9. The molecule has 0 saturated carbocycles. The lowest BCUT2D eigenvalue weighted by Crippen LogP contribution is -1.87. The van der Waals surface area contributed by atoms with Crippen LogP contribution < -0.4 is 0 Å². The fraction of sp³-hybridized carbons (Fsp3) is 0. The second kappa shape index (κ2) is 3.13. The number of benzene rings is 1. The molecule has 0 heterocycles. The van der Waals surface area contributed by atoms with Crippen LogP contribution in [-0.2, 0) is 0 Å². The van der Waals surface area contributed by atoms with Gasteiger partial charge in [0.25, 0.3) is 0 Å². The highest BCUT2D eigenvalue weighted by Crippen LogP contribution is 2.22. The molecule has 1 aromatic rings. The molecule has 0 saturated heterocycles. The van der Waals surface area contributed by atoms with Gasteiger partial charge in [0.15, 0.2) is 0 Å². The summed E-state index contributed by atoms with van der Waals surface area (Å²) in [4.78, 5) is 0. The van der Waals surface area contributed by atoms with Crippen LogP contribution in [0.25, 0.3) is 6.08 Å². The highest BCUT2D eigenvalue weighted by molar-refractivity contribution is 9.10. The summed E-state index contributed by atoms with van der Waals surface area (Å²) < 4.78 is 25.3. The first kappa shape index (κ1) is 8.40. The molecule has 1 aromatic carbocycles. The van der Waals surface area contributed by atoms with E-state index in [9.17, 15) is 8.78 Å². The summed E-state index contributed by atoms with van der Waals surface area (Å²) in [6, 6.07) is 2.52. The number of hydrogen-bond donors (Lipinski definition) is 0. The third kappa shape index (κ3) is 1.48. The van der Waals surface area contributed by atoms with Gasteiger partial charge in [0.1, 0.15) is 11.6 Å². The van der Waals surface area contributed by atoms with Gasteiger partial charge in [-0.05, 0) is 28.1 Å². The average Bonchev–Trinajstić information content (AvgIpc) is 2.01. The Labute approximate surface area is 71.7 Å². The van der Waals surface area contributed by atoms with Crippen LogP contribution in [0.1, 0.15) is 5.56 Å². The zero-order valence-corrected chi connectivity index (χ0v) is 7.16. The Hall–Kier alpha value is -0.700. The fourth-order valence-corrected chi connectivity index (χ4v) is 1.06. The minimum absolute atomic E-state index is 0.144. The molecule has 0 aromatic heterocycles. The van der Waals surface area contributed by atoms with Crippen molar-refractivity contribution in [3.63, 3.8) is 0 Å². The van der Waals surface area contributed by atoms with Gasteiger partial charge in [0.05, 0.1) is 4.47 Å². The van der Waals surface area contributed by atoms with Crippen LogP contribution in [0.4, 0.5) is 8.78 Å². The average molecular weight is 219 g/mol. The van der Waals surface area contributed by atoms with Crippen molar-refractivity contribution in [1.29, 1.82) is 0 Å². The van der Waals surface area contributed by atoms with Gasteiger partial charge in [0, 0.05) is 5.56 Å². The van der Waals surface area contributed by atoms with Crippen molar-refractivity contribution in [2.75, 3.05) is 0 Å². The lowest BCUT2D eigenvalue weighted by atomic mass is 10.2. The van der Waals surface area contributed by atoms with Crippen molar-refractivity contribution in [2.45, 2.75) is 0 Å². The minimum Gasteiger partial charge on any atom is -0.206 e. The molecular weight excluding hydrogens is 214 g/mol. The molecule has 11 heavy (non-hydrogen) atoms. The van der Waals surface area contributed by atoms with E-state index in [1.165, 1.54) is 18.2 Å². The molecule has 0 unspecified atom stereocenters. The fourth-order valence-electron chi connectivity index (χ4n) is 0.698. The van der Waals surface area contributed by atoms with Crippen molar-refractivity contribution in [3.05, 3.63) is 40.4 Å². The summed E-state index contributed by atoms with van der Waals surface area (Å²) >= 11 is 2.77. The molecule has 0 aliphatic carbocycles. The van der Waals surface area contributed by atoms with Crippen LogP contribution >= 0.6 is 15.9 Å². The number of hydrogen-bond acceptors (Lipinski definition) is 0. The van der Waals surface area contributed by atoms with E-state index in [0.29, 0.717) is 5.56 Å². The molecule has 3 heteroatoms. The maximum Gasteiger partial charge on any atom is 0.147 e. The SMILES string of the molecule is C=Cc1ccc(F)c(Br)c1F. The van der Waals surface area contributed by atoms with Gasteiger partial charge in [-0.2, -0.15) is 0 Å². The van der Waals surface area contributed by atoms with E-state index in [1.807, 2.05) is 0 Å². The summed E-state index contributed by atoms with van der Waals surface area (Å²) in [5, 5.41) is 0.